The van der Waals surface area contributed by atoms with Crippen LogP contribution < -0.4 is 30.9 Å². The van der Waals surface area contributed by atoms with Gasteiger partial charge < -0.3 is 26.0 Å². The molecule has 176 valence electrons. The molecule has 3 unspecified atom stereocenters. The number of carbonyl (C=O) groups excluding carboxylic acids is 2. The zero-order valence-corrected chi connectivity index (χ0v) is 19.4. The number of carbonyl (C=O) groups is 2. The molecule has 3 saturated heterocycles. The zero-order chi connectivity index (χ0) is 23.1. The topological polar surface area (TPSA) is 94.7 Å². The lowest BCUT2D eigenvalue weighted by Crippen LogP contribution is -2.62. The number of ether oxygens (including phenoxy) is 1. The van der Waals surface area contributed by atoms with Crippen LogP contribution in [0.1, 0.15) is 12.8 Å². The van der Waals surface area contributed by atoms with Crippen LogP contribution in [-0.4, -0.2) is 49.0 Å². The van der Waals surface area contributed by atoms with Crippen molar-refractivity contribution in [3.8, 4) is 11.5 Å². The van der Waals surface area contributed by atoms with E-state index in [1.807, 2.05) is 59.5 Å². The first-order valence-corrected chi connectivity index (χ1v) is 12.6. The average Bonchev–Trinajstić information content (AvgIpc) is 3.49. The SMILES string of the molecule is O=C(N[C@@H]1CCNC1)C1=C2NC(=O)N(c3ccc(Oc4ccccc4)cc3)C3CCNC(S1)C23. The van der Waals surface area contributed by atoms with Crippen molar-refractivity contribution in [2.45, 2.75) is 30.3 Å². The third-order valence-electron chi connectivity index (χ3n) is 6.84. The van der Waals surface area contributed by atoms with Crippen molar-refractivity contribution < 1.29 is 14.3 Å². The predicted molar refractivity (Wildman–Crippen MR) is 132 cm³/mol. The van der Waals surface area contributed by atoms with Gasteiger partial charge in [0.1, 0.15) is 11.5 Å². The largest absolute Gasteiger partial charge is 0.457 e. The fraction of sp³-hybridized carbons (Fsp3) is 0.360. The van der Waals surface area contributed by atoms with Crippen LogP contribution in [0.25, 0.3) is 0 Å². The molecule has 0 aliphatic carbocycles. The predicted octanol–water partition coefficient (Wildman–Crippen LogP) is 2.75. The fourth-order valence-corrected chi connectivity index (χ4v) is 6.65. The Balaban J connectivity index is 1.24. The summed E-state index contributed by atoms with van der Waals surface area (Å²) in [7, 11) is 0. The molecule has 4 aliphatic heterocycles. The van der Waals surface area contributed by atoms with Gasteiger partial charge in [-0.05, 0) is 62.3 Å². The van der Waals surface area contributed by atoms with E-state index in [9.17, 15) is 9.59 Å². The molecule has 4 aliphatic rings. The first-order chi connectivity index (χ1) is 16.7. The Morgan fingerprint density at radius 1 is 1.03 bits per heavy atom. The average molecular weight is 478 g/mol. The zero-order valence-electron chi connectivity index (χ0n) is 18.6. The molecule has 0 spiro atoms. The van der Waals surface area contributed by atoms with E-state index in [1.165, 1.54) is 0 Å². The van der Waals surface area contributed by atoms with Crippen molar-refractivity contribution in [2.24, 2.45) is 5.92 Å². The van der Waals surface area contributed by atoms with Gasteiger partial charge in [0.15, 0.2) is 0 Å². The van der Waals surface area contributed by atoms with Crippen LogP contribution in [0.2, 0.25) is 0 Å². The number of hydrogen-bond donors (Lipinski definition) is 4. The van der Waals surface area contributed by atoms with Crippen molar-refractivity contribution in [1.29, 1.82) is 0 Å². The Hall–Kier alpha value is -3.01. The van der Waals surface area contributed by atoms with Crippen molar-refractivity contribution in [1.82, 2.24) is 21.3 Å². The van der Waals surface area contributed by atoms with Crippen molar-refractivity contribution in [2.75, 3.05) is 24.5 Å². The lowest BCUT2D eigenvalue weighted by molar-refractivity contribution is -0.117. The maximum absolute atomic E-state index is 13.3. The summed E-state index contributed by atoms with van der Waals surface area (Å²) in [5.41, 5.74) is 1.59. The summed E-state index contributed by atoms with van der Waals surface area (Å²) in [4.78, 5) is 28.9. The normalized spacial score (nSPS) is 27.9. The van der Waals surface area contributed by atoms with Crippen LogP contribution in [0.15, 0.2) is 65.2 Å². The molecule has 4 N–H and O–H groups in total. The molecule has 2 aromatic rings. The highest BCUT2D eigenvalue weighted by molar-refractivity contribution is 8.04. The van der Waals surface area contributed by atoms with E-state index in [2.05, 4.69) is 21.3 Å². The summed E-state index contributed by atoms with van der Waals surface area (Å²) in [6.07, 6.45) is 1.75. The summed E-state index contributed by atoms with van der Waals surface area (Å²) in [5.74, 6) is 1.44. The van der Waals surface area contributed by atoms with E-state index in [0.717, 1.165) is 49.6 Å². The number of thioether (sulfide) groups is 1. The number of nitrogens with zero attached hydrogens (tertiary/aromatic N) is 1. The summed E-state index contributed by atoms with van der Waals surface area (Å²) in [6.45, 7) is 2.50. The monoisotopic (exact) mass is 477 g/mol. The van der Waals surface area contributed by atoms with Crippen LogP contribution in [-0.2, 0) is 4.79 Å². The van der Waals surface area contributed by atoms with E-state index in [4.69, 9.17) is 4.74 Å². The van der Waals surface area contributed by atoms with E-state index >= 15 is 0 Å². The molecule has 3 amide bonds. The van der Waals surface area contributed by atoms with E-state index in [0.29, 0.717) is 10.7 Å². The molecule has 8 nitrogen and oxygen atoms in total. The number of anilines is 1. The number of amides is 3. The van der Waals surface area contributed by atoms with E-state index in [1.54, 1.807) is 11.8 Å². The Morgan fingerprint density at radius 2 is 1.82 bits per heavy atom. The van der Waals surface area contributed by atoms with Crippen molar-refractivity contribution in [3.63, 3.8) is 0 Å². The molecule has 0 saturated carbocycles. The Labute approximate surface area is 202 Å². The number of para-hydroxylation sites is 1. The molecule has 0 radical (unpaired) electrons. The molecule has 3 fully saturated rings. The van der Waals surface area contributed by atoms with E-state index in [-0.39, 0.29) is 35.3 Å². The quantitative estimate of drug-likeness (QED) is 0.529. The second-order valence-electron chi connectivity index (χ2n) is 8.99. The minimum Gasteiger partial charge on any atom is -0.457 e. The lowest BCUT2D eigenvalue weighted by atomic mass is 9.86. The molecule has 6 rings (SSSR count). The molecular formula is C25H27N5O3S. The minimum atomic E-state index is -0.191. The van der Waals surface area contributed by atoms with Gasteiger partial charge >= 0.3 is 6.03 Å². The van der Waals surface area contributed by atoms with Crippen molar-refractivity contribution >= 4 is 29.4 Å². The number of nitrogens with one attached hydrogen (secondary N) is 4. The van der Waals surface area contributed by atoms with Gasteiger partial charge in [0.25, 0.3) is 5.91 Å². The highest BCUT2D eigenvalue weighted by atomic mass is 32.2. The number of piperidine rings is 1. The highest BCUT2D eigenvalue weighted by Crippen LogP contribution is 2.48. The number of urea groups is 1. The number of rotatable bonds is 5. The van der Waals surface area contributed by atoms with Gasteiger partial charge in [0, 0.05) is 29.9 Å². The lowest BCUT2D eigenvalue weighted by Gasteiger charge is -2.45. The summed E-state index contributed by atoms with van der Waals surface area (Å²) in [5, 5.41) is 13.1. The minimum absolute atomic E-state index is 0.0122. The van der Waals surface area contributed by atoms with Crippen LogP contribution in [0.3, 0.4) is 0 Å². The van der Waals surface area contributed by atoms with Crippen molar-refractivity contribution in [3.05, 3.63) is 65.2 Å². The van der Waals surface area contributed by atoms with Gasteiger partial charge in [0.2, 0.25) is 0 Å². The van der Waals surface area contributed by atoms with E-state index < -0.39 is 0 Å². The molecule has 0 aromatic heterocycles. The molecule has 4 heterocycles. The van der Waals surface area contributed by atoms with Gasteiger partial charge in [-0.1, -0.05) is 30.0 Å². The summed E-state index contributed by atoms with van der Waals surface area (Å²) < 4.78 is 5.90. The fourth-order valence-electron chi connectivity index (χ4n) is 5.25. The Morgan fingerprint density at radius 3 is 2.59 bits per heavy atom. The number of hydrogen-bond acceptors (Lipinski definition) is 6. The first-order valence-electron chi connectivity index (χ1n) is 11.8. The Kier molecular flexibility index (Phi) is 5.68. The standard InChI is InChI=1S/C25H27N5O3S/c31-23(28-15-10-12-26-14-15)22-21-20-19(11-13-27-24(20)34-22)30(25(32)29-21)16-6-8-18(9-7-16)33-17-4-2-1-3-5-17/h1-9,15,19-20,24,26-27H,10-14H2,(H,28,31)(H,29,32)/t15-,19?,20?,24?/m1/s1. The molecule has 34 heavy (non-hydrogen) atoms. The second-order valence-corrected chi connectivity index (χ2v) is 10.1. The smallest absolute Gasteiger partial charge is 0.326 e. The van der Waals surface area contributed by atoms with Crippen LogP contribution in [0, 0.1) is 5.92 Å². The maximum Gasteiger partial charge on any atom is 0.326 e. The molecule has 4 atom stereocenters. The molecule has 0 bridgehead atoms. The van der Waals surface area contributed by atoms with Crippen LogP contribution in [0.4, 0.5) is 10.5 Å². The van der Waals surface area contributed by atoms with Gasteiger partial charge in [-0.15, -0.1) is 0 Å². The molecule has 2 aromatic carbocycles. The maximum atomic E-state index is 13.3. The highest BCUT2D eigenvalue weighted by Gasteiger charge is 2.51. The third kappa shape index (κ3) is 3.93. The van der Waals surface area contributed by atoms with Crippen LogP contribution >= 0.6 is 11.8 Å². The summed E-state index contributed by atoms with van der Waals surface area (Å²) >= 11 is 1.54. The molecule has 9 heteroatoms. The first kappa shape index (κ1) is 21.5. The van der Waals surface area contributed by atoms with Gasteiger partial charge in [-0.3, -0.25) is 9.69 Å². The molecular weight excluding hydrogens is 450 g/mol. The van der Waals surface area contributed by atoms with Gasteiger partial charge in [0.05, 0.1) is 16.3 Å². The Bertz CT molecular complexity index is 1120. The number of benzene rings is 2. The third-order valence-corrected chi connectivity index (χ3v) is 8.19. The summed E-state index contributed by atoms with van der Waals surface area (Å²) in [6, 6.07) is 17.2. The van der Waals surface area contributed by atoms with Gasteiger partial charge in [-0.25, -0.2) is 4.79 Å². The second kappa shape index (κ2) is 8.98. The van der Waals surface area contributed by atoms with Gasteiger partial charge in [-0.2, -0.15) is 0 Å². The van der Waals surface area contributed by atoms with Crippen LogP contribution in [0.5, 0.6) is 11.5 Å².